The van der Waals surface area contributed by atoms with E-state index >= 15 is 0 Å². The van der Waals surface area contributed by atoms with Crippen molar-refractivity contribution >= 4 is 0 Å². The van der Waals surface area contributed by atoms with Gasteiger partial charge in [0, 0.05) is 38.8 Å². The molecule has 0 aliphatic rings. The fourth-order valence-electron chi connectivity index (χ4n) is 1.31. The maximum atomic E-state index is 4.16. The smallest absolute Gasteiger partial charge is 0.00109 e. The zero-order chi connectivity index (χ0) is 9.72. The summed E-state index contributed by atoms with van der Waals surface area (Å²) in [7, 11) is 0. The van der Waals surface area contributed by atoms with Gasteiger partial charge in [-0.2, -0.15) is 12.3 Å². The molecule has 0 aliphatic carbocycles. The molecule has 0 saturated heterocycles. The maximum absolute atomic E-state index is 4.16. The topological polar surface area (TPSA) is 12.0 Å². The van der Waals surface area contributed by atoms with Crippen molar-refractivity contribution in [3.8, 4) is 0 Å². The van der Waals surface area contributed by atoms with Crippen LogP contribution in [0.4, 0.5) is 0 Å². The van der Waals surface area contributed by atoms with E-state index in [4.69, 9.17) is 0 Å². The van der Waals surface area contributed by atoms with Gasteiger partial charge in [-0.05, 0) is 6.04 Å². The molecule has 0 rings (SSSR count). The molecular weight excluding hydrogens is 235 g/mol. The molecule has 0 amide bonds. The van der Waals surface area contributed by atoms with Crippen LogP contribution in [0.2, 0.25) is 0 Å². The van der Waals surface area contributed by atoms with Gasteiger partial charge < -0.3 is 19.2 Å². The van der Waals surface area contributed by atoms with Crippen molar-refractivity contribution < 1.29 is 32.7 Å². The molecule has 0 saturated carbocycles. The van der Waals surface area contributed by atoms with Gasteiger partial charge in [-0.1, -0.05) is 33.6 Å². The quantitative estimate of drug-likeness (QED) is 0.748. The van der Waals surface area contributed by atoms with Gasteiger partial charge in [0.25, 0.3) is 0 Å². The number of hydrogen-bond acceptors (Lipinski definition) is 1. The first-order chi connectivity index (χ1) is 5.49. The van der Waals surface area contributed by atoms with Gasteiger partial charge in [0.1, 0.15) is 0 Å². The van der Waals surface area contributed by atoms with E-state index in [9.17, 15) is 0 Å². The Hall–Kier alpha value is 1.06. The Morgan fingerprint density at radius 3 is 1.85 bits per heavy atom. The van der Waals surface area contributed by atoms with E-state index in [1.165, 1.54) is 0 Å². The van der Waals surface area contributed by atoms with E-state index < -0.39 is 0 Å². The second-order valence-electron chi connectivity index (χ2n) is 4.12. The van der Waals surface area contributed by atoms with Gasteiger partial charge in [-0.25, -0.2) is 0 Å². The van der Waals surface area contributed by atoms with Crippen LogP contribution in [0.3, 0.4) is 0 Å². The molecule has 0 bridgehead atoms. The molecule has 2 heteroatoms. The van der Waals surface area contributed by atoms with Gasteiger partial charge in [0.2, 0.25) is 0 Å². The summed E-state index contributed by atoms with van der Waals surface area (Å²) in [6.45, 7) is 16.8. The van der Waals surface area contributed by atoms with Crippen molar-refractivity contribution in [1.29, 1.82) is 0 Å². The van der Waals surface area contributed by atoms with Crippen LogP contribution in [0.15, 0.2) is 0 Å². The molecule has 77 valence electrons. The zero-order valence-corrected chi connectivity index (χ0v) is 12.3. The Kier molecular flexibility index (Phi) is 10.6. The molecule has 0 aromatic carbocycles. The predicted molar refractivity (Wildman–Crippen MR) is 55.7 cm³/mol. The molecule has 2 atom stereocenters. The average molecular weight is 258 g/mol. The minimum atomic E-state index is 0. The summed E-state index contributed by atoms with van der Waals surface area (Å²) < 4.78 is 0. The third-order valence-corrected chi connectivity index (χ3v) is 2.23. The van der Waals surface area contributed by atoms with Crippen LogP contribution in [-0.4, -0.2) is 12.1 Å². The van der Waals surface area contributed by atoms with Crippen molar-refractivity contribution in [2.24, 2.45) is 11.8 Å². The van der Waals surface area contributed by atoms with Crippen LogP contribution in [0.1, 0.15) is 34.1 Å². The van der Waals surface area contributed by atoms with Crippen LogP contribution >= 0.6 is 0 Å². The standard InChI is InChI=1S/C11H23N.Y/c1-7-11(12-9(4)5)10(6)8(2)3;/h8-12H,1,6-7H2,2-5H3;/q-2;/t10-,11-;/m1./s1. The summed E-state index contributed by atoms with van der Waals surface area (Å²) in [6, 6.07) is 0.991. The van der Waals surface area contributed by atoms with E-state index in [0.29, 0.717) is 23.9 Å². The molecule has 0 fully saturated rings. The van der Waals surface area contributed by atoms with E-state index in [1.54, 1.807) is 0 Å². The van der Waals surface area contributed by atoms with Crippen LogP contribution in [0.5, 0.6) is 0 Å². The van der Waals surface area contributed by atoms with Crippen LogP contribution in [0, 0.1) is 25.7 Å². The summed E-state index contributed by atoms with van der Waals surface area (Å²) in [6.07, 6.45) is 0.921. The van der Waals surface area contributed by atoms with Crippen LogP contribution in [-0.2, 0) is 32.7 Å². The van der Waals surface area contributed by atoms with E-state index in [2.05, 4.69) is 46.9 Å². The second kappa shape index (κ2) is 8.38. The van der Waals surface area contributed by atoms with Gasteiger partial charge >= 0.3 is 0 Å². The monoisotopic (exact) mass is 258 g/mol. The molecule has 1 N–H and O–H groups in total. The third-order valence-electron chi connectivity index (χ3n) is 2.23. The van der Waals surface area contributed by atoms with Gasteiger partial charge in [0.15, 0.2) is 0 Å². The zero-order valence-electron chi connectivity index (χ0n) is 9.51. The van der Waals surface area contributed by atoms with Crippen LogP contribution in [0.25, 0.3) is 0 Å². The summed E-state index contributed by atoms with van der Waals surface area (Å²) in [5, 5.41) is 3.49. The fourth-order valence-corrected chi connectivity index (χ4v) is 1.31. The normalized spacial score (nSPS) is 15.7. The van der Waals surface area contributed by atoms with Crippen LogP contribution < -0.4 is 5.32 Å². The van der Waals surface area contributed by atoms with E-state index in [1.807, 2.05) is 0 Å². The van der Waals surface area contributed by atoms with Crippen molar-refractivity contribution in [3.63, 3.8) is 0 Å². The van der Waals surface area contributed by atoms with Gasteiger partial charge in [0.05, 0.1) is 0 Å². The van der Waals surface area contributed by atoms with Crippen molar-refractivity contribution in [2.45, 2.75) is 46.2 Å². The molecule has 0 unspecified atom stereocenters. The molecular formula is C11H23NY-2. The fraction of sp³-hybridized carbons (Fsp3) is 0.818. The molecule has 0 aliphatic heterocycles. The molecule has 1 radical (unpaired) electrons. The third kappa shape index (κ3) is 7.05. The van der Waals surface area contributed by atoms with Crippen molar-refractivity contribution in [1.82, 2.24) is 5.32 Å². The Morgan fingerprint density at radius 1 is 1.15 bits per heavy atom. The first kappa shape index (κ1) is 16.5. The van der Waals surface area contributed by atoms with Crippen molar-refractivity contribution in [2.75, 3.05) is 0 Å². The molecule has 0 aromatic heterocycles. The summed E-state index contributed by atoms with van der Waals surface area (Å²) in [5.41, 5.74) is 0. The molecule has 0 aromatic rings. The molecule has 0 spiro atoms. The molecule has 13 heavy (non-hydrogen) atoms. The number of hydrogen-bond donors (Lipinski definition) is 1. The van der Waals surface area contributed by atoms with E-state index in [-0.39, 0.29) is 32.7 Å². The SMILES string of the molecule is [CH2-]C[C@@H](NC(C)C)[C@H]([CH2-])C(C)C.[Y]. The Labute approximate surface area is 109 Å². The summed E-state index contributed by atoms with van der Waals surface area (Å²) in [5.74, 6) is 1.09. The molecule has 0 heterocycles. The number of nitrogens with one attached hydrogen (secondary N) is 1. The number of rotatable bonds is 5. The molecule has 1 nitrogen and oxygen atoms in total. The Balaban J connectivity index is 0. The first-order valence-corrected chi connectivity index (χ1v) is 4.87. The first-order valence-electron chi connectivity index (χ1n) is 4.87. The minimum Gasteiger partial charge on any atom is -0.342 e. The van der Waals surface area contributed by atoms with Crippen molar-refractivity contribution in [3.05, 3.63) is 13.8 Å². The van der Waals surface area contributed by atoms with Gasteiger partial charge in [-0.15, -0.1) is 0 Å². The van der Waals surface area contributed by atoms with E-state index in [0.717, 1.165) is 6.42 Å². The Morgan fingerprint density at radius 2 is 1.62 bits per heavy atom. The average Bonchev–Trinajstić information content (AvgIpc) is 1.98. The minimum absolute atomic E-state index is 0. The maximum Gasteiger partial charge on any atom is 0.00109 e. The second-order valence-corrected chi connectivity index (χ2v) is 4.12. The summed E-state index contributed by atoms with van der Waals surface area (Å²) >= 11 is 0. The summed E-state index contributed by atoms with van der Waals surface area (Å²) in [4.78, 5) is 0. The Bertz CT molecular complexity index is 113. The predicted octanol–water partition coefficient (Wildman–Crippen LogP) is 2.68. The van der Waals surface area contributed by atoms with Gasteiger partial charge in [-0.3, -0.25) is 0 Å². The largest absolute Gasteiger partial charge is 0.342 e.